The van der Waals surface area contributed by atoms with E-state index in [4.69, 9.17) is 5.73 Å². The van der Waals surface area contributed by atoms with E-state index in [1.165, 1.54) is 0 Å². The van der Waals surface area contributed by atoms with Gasteiger partial charge in [0.2, 0.25) is 0 Å². The molecule has 2 aromatic rings. The van der Waals surface area contributed by atoms with E-state index in [1.807, 2.05) is 12.1 Å². The third kappa shape index (κ3) is 3.39. The van der Waals surface area contributed by atoms with Crippen LogP contribution in [-0.2, 0) is 0 Å². The van der Waals surface area contributed by atoms with Crippen LogP contribution >= 0.6 is 0 Å². The number of benzene rings is 1. The fourth-order valence-electron chi connectivity index (χ4n) is 1.67. The maximum Gasteiger partial charge on any atom is 0.271 e. The Hall–Kier alpha value is -2.74. The van der Waals surface area contributed by atoms with E-state index in [0.717, 1.165) is 5.69 Å². The number of nitrogens with two attached hydrogens (primary N) is 1. The minimum atomic E-state index is -0.197. The predicted molar refractivity (Wildman–Crippen MR) is 78.4 cm³/mol. The third-order valence-corrected chi connectivity index (χ3v) is 2.69. The highest BCUT2D eigenvalue weighted by Crippen LogP contribution is 2.10. The topological polar surface area (TPSA) is 72.9 Å². The lowest BCUT2D eigenvalue weighted by Gasteiger charge is -2.02. The Labute approximate surface area is 117 Å². The summed E-state index contributed by atoms with van der Waals surface area (Å²) < 4.78 is 1.64. The molecule has 1 aromatic carbocycles. The second-order valence-corrected chi connectivity index (χ2v) is 4.17. The predicted octanol–water partition coefficient (Wildman–Crippen LogP) is 1.60. The number of nitrogens with one attached hydrogen (secondary N) is 1. The summed E-state index contributed by atoms with van der Waals surface area (Å²) in [7, 11) is 0. The van der Waals surface area contributed by atoms with Crippen molar-refractivity contribution in [2.24, 2.45) is 0 Å². The van der Waals surface area contributed by atoms with Crippen LogP contribution < -0.4 is 11.1 Å². The first kappa shape index (κ1) is 13.7. The largest absolute Gasteiger partial charge is 0.399 e. The van der Waals surface area contributed by atoms with Crippen LogP contribution in [0.15, 0.2) is 36.5 Å². The van der Waals surface area contributed by atoms with Gasteiger partial charge in [-0.15, -0.1) is 11.8 Å². The van der Waals surface area contributed by atoms with Crippen LogP contribution in [0.3, 0.4) is 0 Å². The van der Waals surface area contributed by atoms with E-state index in [9.17, 15) is 4.79 Å². The number of hydrogen-bond donors (Lipinski definition) is 2. The second-order valence-electron chi connectivity index (χ2n) is 4.17. The van der Waals surface area contributed by atoms with Crippen LogP contribution in [0.4, 0.5) is 5.69 Å². The van der Waals surface area contributed by atoms with Crippen LogP contribution in [-0.4, -0.2) is 22.2 Å². The Bertz CT molecular complexity index is 647. The quantitative estimate of drug-likeness (QED) is 0.502. The molecule has 0 fully saturated rings. The zero-order valence-electron chi connectivity index (χ0n) is 11.3. The second kappa shape index (κ2) is 6.43. The molecule has 1 amide bonds. The number of nitrogen functional groups attached to an aromatic ring is 1. The minimum Gasteiger partial charge on any atom is -0.399 e. The molecule has 0 aliphatic carbocycles. The fourth-order valence-corrected chi connectivity index (χ4v) is 1.67. The molecule has 5 nitrogen and oxygen atoms in total. The molecule has 2 rings (SSSR count). The van der Waals surface area contributed by atoms with Crippen LogP contribution in [0.2, 0.25) is 0 Å². The van der Waals surface area contributed by atoms with Crippen LogP contribution in [0.1, 0.15) is 23.8 Å². The first-order valence-electron chi connectivity index (χ1n) is 6.30. The van der Waals surface area contributed by atoms with Gasteiger partial charge >= 0.3 is 0 Å². The molecule has 0 atom stereocenters. The lowest BCUT2D eigenvalue weighted by Crippen LogP contribution is -2.24. The zero-order chi connectivity index (χ0) is 14.4. The maximum atomic E-state index is 11.9. The van der Waals surface area contributed by atoms with Crippen LogP contribution in [0.5, 0.6) is 0 Å². The summed E-state index contributed by atoms with van der Waals surface area (Å²) in [5, 5.41) is 7.01. The Kier molecular flexibility index (Phi) is 4.40. The highest BCUT2D eigenvalue weighted by atomic mass is 16.1. The number of aromatic nitrogens is 2. The SMILES string of the molecule is CC#CCCNC(=O)c1ccn(-c2ccc(N)cc2)n1. The molecule has 0 saturated heterocycles. The Balaban J connectivity index is 2.02. The highest BCUT2D eigenvalue weighted by molar-refractivity contribution is 5.92. The van der Waals surface area contributed by atoms with E-state index in [1.54, 1.807) is 36.0 Å². The molecule has 0 radical (unpaired) electrons. The van der Waals surface area contributed by atoms with Gasteiger partial charge in [-0.05, 0) is 37.3 Å². The number of rotatable bonds is 4. The van der Waals surface area contributed by atoms with Gasteiger partial charge in [0.1, 0.15) is 0 Å². The molecule has 0 spiro atoms. The van der Waals surface area contributed by atoms with Crippen molar-refractivity contribution in [1.29, 1.82) is 0 Å². The lowest BCUT2D eigenvalue weighted by atomic mass is 10.3. The van der Waals surface area contributed by atoms with Crippen molar-refractivity contribution in [3.05, 3.63) is 42.2 Å². The van der Waals surface area contributed by atoms with E-state index in [-0.39, 0.29) is 5.91 Å². The molecule has 0 unspecified atom stereocenters. The molecule has 1 heterocycles. The van der Waals surface area contributed by atoms with Gasteiger partial charge in [0.25, 0.3) is 5.91 Å². The van der Waals surface area contributed by atoms with Crippen LogP contribution in [0, 0.1) is 11.8 Å². The van der Waals surface area contributed by atoms with Crippen molar-refractivity contribution in [3.63, 3.8) is 0 Å². The van der Waals surface area contributed by atoms with Gasteiger partial charge in [-0.3, -0.25) is 4.79 Å². The van der Waals surface area contributed by atoms with Crippen molar-refractivity contribution < 1.29 is 4.79 Å². The summed E-state index contributed by atoms with van der Waals surface area (Å²) >= 11 is 0. The van der Waals surface area contributed by atoms with Gasteiger partial charge in [0, 0.05) is 24.8 Å². The van der Waals surface area contributed by atoms with Gasteiger partial charge in [0.15, 0.2) is 5.69 Å². The van der Waals surface area contributed by atoms with Gasteiger partial charge < -0.3 is 11.1 Å². The standard InChI is InChI=1S/C15H16N4O/c1-2-3-4-10-17-15(20)14-9-11-19(18-14)13-7-5-12(16)6-8-13/h5-9,11H,4,10,16H2,1H3,(H,17,20). The lowest BCUT2D eigenvalue weighted by molar-refractivity contribution is 0.0949. The average Bonchev–Trinajstić information content (AvgIpc) is 2.94. The number of carbonyl (C=O) groups is 1. The molecule has 5 heteroatoms. The molecule has 20 heavy (non-hydrogen) atoms. The summed E-state index contributed by atoms with van der Waals surface area (Å²) in [5.41, 5.74) is 7.56. The summed E-state index contributed by atoms with van der Waals surface area (Å²) in [6.07, 6.45) is 2.38. The van der Waals surface area contributed by atoms with Gasteiger partial charge in [-0.2, -0.15) is 5.10 Å². The molecule has 3 N–H and O–H groups in total. The molecular weight excluding hydrogens is 252 g/mol. The zero-order valence-corrected chi connectivity index (χ0v) is 11.3. The van der Waals surface area contributed by atoms with E-state index in [0.29, 0.717) is 24.3 Å². The molecule has 0 aliphatic rings. The molecule has 0 aliphatic heterocycles. The number of carbonyl (C=O) groups excluding carboxylic acids is 1. The van der Waals surface area contributed by atoms with Crippen molar-refractivity contribution >= 4 is 11.6 Å². The Morgan fingerprint density at radius 2 is 2.10 bits per heavy atom. The molecular formula is C15H16N4O. The smallest absolute Gasteiger partial charge is 0.271 e. The number of amides is 1. The normalized spacial score (nSPS) is 9.65. The van der Waals surface area contributed by atoms with E-state index in [2.05, 4.69) is 22.3 Å². The number of anilines is 1. The number of hydrogen-bond acceptors (Lipinski definition) is 3. The van der Waals surface area contributed by atoms with Crippen molar-refractivity contribution in [1.82, 2.24) is 15.1 Å². The fraction of sp³-hybridized carbons (Fsp3) is 0.200. The number of nitrogens with zero attached hydrogens (tertiary/aromatic N) is 2. The molecule has 0 bridgehead atoms. The van der Waals surface area contributed by atoms with Crippen molar-refractivity contribution in [2.75, 3.05) is 12.3 Å². The maximum absolute atomic E-state index is 11.9. The van der Waals surface area contributed by atoms with Gasteiger partial charge in [-0.25, -0.2) is 4.68 Å². The van der Waals surface area contributed by atoms with Gasteiger partial charge in [-0.1, -0.05) is 0 Å². The summed E-state index contributed by atoms with van der Waals surface area (Å²) in [4.78, 5) is 11.9. The van der Waals surface area contributed by atoms with Crippen LogP contribution in [0.25, 0.3) is 5.69 Å². The molecule has 0 saturated carbocycles. The van der Waals surface area contributed by atoms with Gasteiger partial charge in [0.05, 0.1) is 5.69 Å². The first-order chi connectivity index (χ1) is 9.70. The highest BCUT2D eigenvalue weighted by Gasteiger charge is 2.09. The van der Waals surface area contributed by atoms with Crippen molar-refractivity contribution in [3.8, 4) is 17.5 Å². The summed E-state index contributed by atoms with van der Waals surface area (Å²) in [6.45, 7) is 2.30. The third-order valence-electron chi connectivity index (χ3n) is 2.69. The summed E-state index contributed by atoms with van der Waals surface area (Å²) in [6, 6.07) is 8.96. The van der Waals surface area contributed by atoms with Crippen molar-refractivity contribution in [2.45, 2.75) is 13.3 Å². The minimum absolute atomic E-state index is 0.197. The Morgan fingerprint density at radius 1 is 1.35 bits per heavy atom. The first-order valence-corrected chi connectivity index (χ1v) is 6.30. The monoisotopic (exact) mass is 268 g/mol. The molecule has 1 aromatic heterocycles. The average molecular weight is 268 g/mol. The van der Waals surface area contributed by atoms with E-state index < -0.39 is 0 Å². The Morgan fingerprint density at radius 3 is 2.80 bits per heavy atom. The summed E-state index contributed by atoms with van der Waals surface area (Å²) in [5.74, 6) is 5.47. The van der Waals surface area contributed by atoms with E-state index >= 15 is 0 Å². The molecule has 102 valence electrons.